The van der Waals surface area contributed by atoms with Gasteiger partial charge in [0, 0.05) is 11.6 Å². The van der Waals surface area contributed by atoms with E-state index < -0.39 is 17.9 Å². The molecular formula is C22H18Cl2N2O3. The molecule has 29 heavy (non-hydrogen) atoms. The molecule has 3 fully saturated rings. The normalized spacial score (nSPS) is 28.7. The fourth-order valence-corrected chi connectivity index (χ4v) is 5.46. The Labute approximate surface area is 178 Å². The molecule has 3 saturated heterocycles. The molecule has 2 amide bonds. The first kappa shape index (κ1) is 18.8. The Hall–Kier alpha value is -2.21. The summed E-state index contributed by atoms with van der Waals surface area (Å²) < 4.78 is 0. The molecule has 2 aromatic carbocycles. The largest absolute Gasteiger partial charge is 0.292 e. The molecule has 3 aliphatic rings. The third-order valence-corrected chi connectivity index (χ3v) is 7.08. The molecule has 3 heterocycles. The molecule has 0 aromatic heterocycles. The molecule has 2 aromatic rings. The highest BCUT2D eigenvalue weighted by atomic mass is 35.5. The minimum atomic E-state index is -0.671. The molecule has 0 spiro atoms. The summed E-state index contributed by atoms with van der Waals surface area (Å²) in [6.07, 6.45) is 1.73. The highest BCUT2D eigenvalue weighted by Gasteiger charge is 2.64. The van der Waals surface area contributed by atoms with Crippen molar-refractivity contribution in [3.05, 3.63) is 64.1 Å². The Morgan fingerprint density at radius 2 is 1.66 bits per heavy atom. The molecule has 0 N–H and O–H groups in total. The second-order valence-corrected chi connectivity index (χ2v) is 8.60. The monoisotopic (exact) mass is 428 g/mol. The molecule has 0 unspecified atom stereocenters. The number of carbonyl (C=O) groups is 3. The fraction of sp³-hybridized carbons (Fsp3) is 0.318. The number of anilines is 1. The minimum absolute atomic E-state index is 0.0816. The number of hydrogen-bond donors (Lipinski definition) is 0. The molecule has 5 rings (SSSR count). The number of imide groups is 1. The average molecular weight is 429 g/mol. The molecule has 0 aliphatic carbocycles. The van der Waals surface area contributed by atoms with Crippen molar-refractivity contribution in [2.45, 2.75) is 24.9 Å². The zero-order valence-corrected chi connectivity index (χ0v) is 16.9. The van der Waals surface area contributed by atoms with Gasteiger partial charge in [0.05, 0.1) is 33.6 Å². The lowest BCUT2D eigenvalue weighted by Gasteiger charge is -2.27. The van der Waals surface area contributed by atoms with Crippen LogP contribution in [0, 0.1) is 11.8 Å². The highest BCUT2D eigenvalue weighted by molar-refractivity contribution is 6.42. The van der Waals surface area contributed by atoms with E-state index in [9.17, 15) is 14.4 Å². The van der Waals surface area contributed by atoms with E-state index >= 15 is 0 Å². The van der Waals surface area contributed by atoms with Crippen LogP contribution in [0.5, 0.6) is 0 Å². The van der Waals surface area contributed by atoms with Gasteiger partial charge in [-0.15, -0.1) is 0 Å². The smallest absolute Gasteiger partial charge is 0.239 e. The standard InChI is InChI=1S/C22H18Cl2N2O3/c23-14-9-8-13(11-15(14)24)26-21(28)17-16-7-4-10-25(16)19(18(17)22(26)29)20(27)12-5-2-1-3-6-12/h1-3,5-6,8-9,11,16-19H,4,7,10H2/t16-,17-,18-,19+/m1/s1. The number of benzene rings is 2. The zero-order chi connectivity index (χ0) is 20.3. The van der Waals surface area contributed by atoms with E-state index in [-0.39, 0.29) is 28.7 Å². The fourth-order valence-electron chi connectivity index (χ4n) is 5.17. The van der Waals surface area contributed by atoms with E-state index in [4.69, 9.17) is 23.2 Å². The van der Waals surface area contributed by atoms with Gasteiger partial charge in [-0.25, -0.2) is 4.90 Å². The summed E-state index contributed by atoms with van der Waals surface area (Å²) in [6, 6.07) is 13.0. The molecule has 3 aliphatic heterocycles. The van der Waals surface area contributed by atoms with Crippen LogP contribution in [0.25, 0.3) is 0 Å². The summed E-state index contributed by atoms with van der Waals surface area (Å²) in [5.41, 5.74) is 0.969. The maximum atomic E-state index is 13.4. The second kappa shape index (κ2) is 6.94. The molecule has 0 radical (unpaired) electrons. The maximum Gasteiger partial charge on any atom is 0.239 e. The number of nitrogens with zero attached hydrogens (tertiary/aromatic N) is 2. The highest BCUT2D eigenvalue weighted by Crippen LogP contribution is 2.48. The predicted molar refractivity (Wildman–Crippen MR) is 110 cm³/mol. The van der Waals surface area contributed by atoms with Gasteiger partial charge in [0.1, 0.15) is 0 Å². The van der Waals surface area contributed by atoms with Crippen molar-refractivity contribution < 1.29 is 14.4 Å². The summed E-state index contributed by atoms with van der Waals surface area (Å²) in [6.45, 7) is 0.730. The Morgan fingerprint density at radius 3 is 2.38 bits per heavy atom. The van der Waals surface area contributed by atoms with E-state index in [2.05, 4.69) is 4.90 Å². The van der Waals surface area contributed by atoms with Crippen LogP contribution in [-0.4, -0.2) is 41.1 Å². The van der Waals surface area contributed by atoms with Gasteiger partial charge in [-0.05, 0) is 37.6 Å². The lowest BCUT2D eigenvalue weighted by Crippen LogP contribution is -2.46. The van der Waals surface area contributed by atoms with Gasteiger partial charge < -0.3 is 0 Å². The van der Waals surface area contributed by atoms with Crippen molar-refractivity contribution in [2.24, 2.45) is 11.8 Å². The number of ketones is 1. The van der Waals surface area contributed by atoms with Crippen LogP contribution in [0.15, 0.2) is 48.5 Å². The Bertz CT molecular complexity index is 1030. The van der Waals surface area contributed by atoms with Gasteiger partial charge in [-0.3, -0.25) is 19.3 Å². The number of carbonyl (C=O) groups excluding carboxylic acids is 3. The number of amides is 2. The molecule has 4 atom stereocenters. The summed E-state index contributed by atoms with van der Waals surface area (Å²) in [5, 5.41) is 0.634. The summed E-state index contributed by atoms with van der Waals surface area (Å²) in [7, 11) is 0. The molecule has 5 nitrogen and oxygen atoms in total. The first-order chi connectivity index (χ1) is 14.0. The van der Waals surface area contributed by atoms with Gasteiger partial charge in [-0.1, -0.05) is 53.5 Å². The Balaban J connectivity index is 1.56. The van der Waals surface area contributed by atoms with E-state index in [1.165, 1.54) is 11.0 Å². The molecular weight excluding hydrogens is 411 g/mol. The molecule has 148 valence electrons. The van der Waals surface area contributed by atoms with Crippen LogP contribution in [0.4, 0.5) is 5.69 Å². The van der Waals surface area contributed by atoms with Gasteiger partial charge in [0.25, 0.3) is 0 Å². The van der Waals surface area contributed by atoms with Gasteiger partial charge >= 0.3 is 0 Å². The van der Waals surface area contributed by atoms with Crippen molar-refractivity contribution in [3.8, 4) is 0 Å². The topological polar surface area (TPSA) is 57.7 Å². The van der Waals surface area contributed by atoms with Crippen molar-refractivity contribution in [1.29, 1.82) is 0 Å². The number of hydrogen-bond acceptors (Lipinski definition) is 4. The quantitative estimate of drug-likeness (QED) is 0.550. The van der Waals surface area contributed by atoms with Crippen LogP contribution in [0.1, 0.15) is 23.2 Å². The van der Waals surface area contributed by atoms with E-state index in [0.717, 1.165) is 19.4 Å². The van der Waals surface area contributed by atoms with Gasteiger partial charge in [0.2, 0.25) is 11.8 Å². The van der Waals surface area contributed by atoms with Crippen LogP contribution >= 0.6 is 23.2 Å². The number of Topliss-reactive ketones (excluding diaryl/α,β-unsaturated/α-hetero) is 1. The minimum Gasteiger partial charge on any atom is -0.292 e. The molecule has 0 bridgehead atoms. The van der Waals surface area contributed by atoms with E-state index in [1.54, 1.807) is 24.3 Å². The number of rotatable bonds is 3. The van der Waals surface area contributed by atoms with Crippen molar-refractivity contribution >= 4 is 46.5 Å². The number of halogens is 2. The van der Waals surface area contributed by atoms with Crippen LogP contribution in [-0.2, 0) is 9.59 Å². The Morgan fingerprint density at radius 1 is 0.931 bits per heavy atom. The zero-order valence-electron chi connectivity index (χ0n) is 15.4. The third-order valence-electron chi connectivity index (χ3n) is 6.34. The summed E-state index contributed by atoms with van der Waals surface area (Å²) in [4.78, 5) is 43.4. The van der Waals surface area contributed by atoms with Crippen molar-refractivity contribution in [3.63, 3.8) is 0 Å². The van der Waals surface area contributed by atoms with E-state index in [1.807, 2.05) is 18.2 Å². The first-order valence-electron chi connectivity index (χ1n) is 9.67. The first-order valence-corrected chi connectivity index (χ1v) is 10.4. The van der Waals surface area contributed by atoms with Gasteiger partial charge in [0.15, 0.2) is 5.78 Å². The number of fused-ring (bicyclic) bond motifs is 3. The SMILES string of the molecule is O=C(c1ccccc1)[C@@H]1[C@@H]2C(=O)N(c3ccc(Cl)c(Cl)c3)C(=O)[C@@H]2[C@H]2CCCN21. The van der Waals surface area contributed by atoms with E-state index in [0.29, 0.717) is 16.3 Å². The van der Waals surface area contributed by atoms with Crippen LogP contribution < -0.4 is 4.90 Å². The van der Waals surface area contributed by atoms with Crippen molar-refractivity contribution in [2.75, 3.05) is 11.4 Å². The predicted octanol–water partition coefficient (Wildman–Crippen LogP) is 3.83. The summed E-state index contributed by atoms with van der Waals surface area (Å²) in [5.74, 6) is -1.85. The average Bonchev–Trinajstić information content (AvgIpc) is 3.37. The van der Waals surface area contributed by atoms with Gasteiger partial charge in [-0.2, -0.15) is 0 Å². The third kappa shape index (κ3) is 2.75. The van der Waals surface area contributed by atoms with Crippen LogP contribution in [0.3, 0.4) is 0 Å². The lowest BCUT2D eigenvalue weighted by molar-refractivity contribution is -0.123. The summed E-state index contributed by atoms with van der Waals surface area (Å²) >= 11 is 12.1. The second-order valence-electron chi connectivity index (χ2n) is 7.78. The Kier molecular flexibility index (Phi) is 4.50. The lowest BCUT2D eigenvalue weighted by atomic mass is 9.85. The van der Waals surface area contributed by atoms with Crippen LogP contribution in [0.2, 0.25) is 10.0 Å². The molecule has 0 saturated carbocycles. The van der Waals surface area contributed by atoms with Crippen molar-refractivity contribution in [1.82, 2.24) is 4.90 Å². The maximum absolute atomic E-state index is 13.4. The molecule has 7 heteroatoms.